The van der Waals surface area contributed by atoms with E-state index in [1.165, 1.54) is 0 Å². The van der Waals surface area contributed by atoms with E-state index in [9.17, 15) is 8.42 Å². The maximum absolute atomic E-state index is 13.2. The minimum Gasteiger partial charge on any atom is -0.496 e. The third kappa shape index (κ3) is 3.32. The van der Waals surface area contributed by atoms with E-state index < -0.39 is 10.0 Å². The van der Waals surface area contributed by atoms with Crippen molar-refractivity contribution in [2.24, 2.45) is 0 Å². The van der Waals surface area contributed by atoms with Crippen LogP contribution in [0.5, 0.6) is 5.75 Å². The van der Waals surface area contributed by atoms with Crippen LogP contribution in [0.1, 0.15) is 29.5 Å². The van der Waals surface area contributed by atoms with Gasteiger partial charge in [0.25, 0.3) is 0 Å². The number of hydrogen-bond acceptors (Lipinski definition) is 3. The molecule has 0 radical (unpaired) electrons. The van der Waals surface area contributed by atoms with E-state index in [0.29, 0.717) is 11.4 Å². The van der Waals surface area contributed by atoms with E-state index >= 15 is 0 Å². The lowest BCUT2D eigenvalue weighted by Crippen LogP contribution is -2.32. The van der Waals surface area contributed by atoms with Crippen molar-refractivity contribution < 1.29 is 13.2 Å². The lowest BCUT2D eigenvalue weighted by molar-refractivity contribution is 0.397. The van der Waals surface area contributed by atoms with Crippen molar-refractivity contribution >= 4 is 10.0 Å². The molecule has 0 spiro atoms. The molecule has 0 amide bonds. The monoisotopic (exact) mass is 345 g/mol. The number of ether oxygens (including phenoxy) is 1. The summed E-state index contributed by atoms with van der Waals surface area (Å²) in [6, 6.07) is 13.3. The molecule has 0 atom stereocenters. The van der Waals surface area contributed by atoms with Gasteiger partial charge in [-0.25, -0.2) is 8.42 Å². The molecule has 1 fully saturated rings. The van der Waals surface area contributed by atoms with Crippen LogP contribution >= 0.6 is 0 Å². The quantitative estimate of drug-likeness (QED) is 0.802. The van der Waals surface area contributed by atoms with Crippen LogP contribution in [0.25, 0.3) is 0 Å². The second-order valence-electron chi connectivity index (χ2n) is 6.36. The third-order valence-corrected chi connectivity index (χ3v) is 6.26. The molecule has 0 aliphatic heterocycles. The van der Waals surface area contributed by atoms with Gasteiger partial charge in [-0.15, -0.1) is 0 Å². The second-order valence-corrected chi connectivity index (χ2v) is 8.25. The topological polar surface area (TPSA) is 46.6 Å². The SMILES string of the molecule is COc1c(C)cc(S(=O)(=O)N(Cc2ccccc2)C2CC2)cc1C. The first kappa shape index (κ1) is 17.0. The van der Waals surface area contributed by atoms with E-state index in [-0.39, 0.29) is 6.04 Å². The zero-order chi connectivity index (χ0) is 17.3. The summed E-state index contributed by atoms with van der Waals surface area (Å²) in [5, 5.41) is 0. The molecule has 24 heavy (non-hydrogen) atoms. The average Bonchev–Trinajstić information content (AvgIpc) is 3.38. The molecule has 0 saturated heterocycles. The van der Waals surface area contributed by atoms with Gasteiger partial charge in [0, 0.05) is 12.6 Å². The van der Waals surface area contributed by atoms with Crippen LogP contribution in [0.4, 0.5) is 0 Å². The normalized spacial score (nSPS) is 14.8. The zero-order valence-electron chi connectivity index (χ0n) is 14.3. The second kappa shape index (κ2) is 6.57. The Morgan fingerprint density at radius 2 is 1.67 bits per heavy atom. The molecule has 0 unspecified atom stereocenters. The van der Waals surface area contributed by atoms with Crippen molar-refractivity contribution in [2.45, 2.75) is 44.2 Å². The summed E-state index contributed by atoms with van der Waals surface area (Å²) >= 11 is 0. The fourth-order valence-electron chi connectivity index (χ4n) is 3.05. The molecule has 1 aliphatic carbocycles. The first-order chi connectivity index (χ1) is 11.4. The summed E-state index contributed by atoms with van der Waals surface area (Å²) in [5.41, 5.74) is 2.69. The van der Waals surface area contributed by atoms with Crippen LogP contribution in [0, 0.1) is 13.8 Å². The highest BCUT2D eigenvalue weighted by Gasteiger charge is 2.38. The van der Waals surface area contributed by atoms with Gasteiger partial charge >= 0.3 is 0 Å². The molecular weight excluding hydrogens is 322 g/mol. The fraction of sp³-hybridized carbons (Fsp3) is 0.368. The Bertz CT molecular complexity index is 804. The van der Waals surface area contributed by atoms with Crippen LogP contribution in [-0.4, -0.2) is 25.9 Å². The molecule has 2 aromatic rings. The molecule has 5 heteroatoms. The molecular formula is C19H23NO3S. The van der Waals surface area contributed by atoms with Gasteiger partial charge in [-0.1, -0.05) is 30.3 Å². The van der Waals surface area contributed by atoms with Crippen LogP contribution < -0.4 is 4.74 Å². The molecule has 0 heterocycles. The Kier molecular flexibility index (Phi) is 4.65. The average molecular weight is 345 g/mol. The van der Waals surface area contributed by atoms with Crippen molar-refractivity contribution in [3.63, 3.8) is 0 Å². The van der Waals surface area contributed by atoms with Gasteiger partial charge in [-0.2, -0.15) is 4.31 Å². The number of methoxy groups -OCH3 is 1. The van der Waals surface area contributed by atoms with Gasteiger partial charge in [0.1, 0.15) is 5.75 Å². The van der Waals surface area contributed by atoms with E-state index in [4.69, 9.17) is 4.74 Å². The number of aryl methyl sites for hydroxylation is 2. The molecule has 2 aromatic carbocycles. The van der Waals surface area contributed by atoms with E-state index in [1.54, 1.807) is 23.5 Å². The summed E-state index contributed by atoms with van der Waals surface area (Å²) in [6.45, 7) is 4.17. The van der Waals surface area contributed by atoms with Crippen molar-refractivity contribution in [3.8, 4) is 5.75 Å². The van der Waals surface area contributed by atoms with Gasteiger partial charge < -0.3 is 4.74 Å². The highest BCUT2D eigenvalue weighted by atomic mass is 32.2. The Balaban J connectivity index is 1.98. The van der Waals surface area contributed by atoms with Gasteiger partial charge in [0.15, 0.2) is 0 Å². The third-order valence-electron chi connectivity index (χ3n) is 4.38. The minimum absolute atomic E-state index is 0.109. The van der Waals surface area contributed by atoms with Gasteiger partial charge in [0.2, 0.25) is 10.0 Å². The standard InChI is InChI=1S/C19H23NO3S/c1-14-11-18(12-15(2)19(14)23-3)24(21,22)20(17-9-10-17)13-16-7-5-4-6-8-16/h4-8,11-12,17H,9-10,13H2,1-3H3. The number of sulfonamides is 1. The van der Waals surface area contributed by atoms with Gasteiger partial charge in [-0.3, -0.25) is 0 Å². The van der Waals surface area contributed by atoms with Crippen molar-refractivity contribution in [3.05, 3.63) is 59.2 Å². The first-order valence-corrected chi connectivity index (χ1v) is 9.58. The summed E-state index contributed by atoms with van der Waals surface area (Å²) < 4.78 is 33.4. The smallest absolute Gasteiger partial charge is 0.243 e. The fourth-order valence-corrected chi connectivity index (χ4v) is 4.90. The van der Waals surface area contributed by atoms with Crippen LogP contribution in [0.3, 0.4) is 0 Å². The number of benzene rings is 2. The van der Waals surface area contributed by atoms with Crippen LogP contribution in [0.15, 0.2) is 47.4 Å². The maximum Gasteiger partial charge on any atom is 0.243 e. The van der Waals surface area contributed by atoms with Gasteiger partial charge in [-0.05, 0) is 55.5 Å². The van der Waals surface area contributed by atoms with Crippen molar-refractivity contribution in [1.82, 2.24) is 4.31 Å². The maximum atomic E-state index is 13.2. The van der Waals surface area contributed by atoms with E-state index in [2.05, 4.69) is 0 Å². The molecule has 1 aliphatic rings. The lowest BCUT2D eigenvalue weighted by Gasteiger charge is -2.23. The zero-order valence-corrected chi connectivity index (χ0v) is 15.1. The van der Waals surface area contributed by atoms with E-state index in [1.807, 2.05) is 44.2 Å². The molecule has 128 valence electrons. The van der Waals surface area contributed by atoms with Crippen LogP contribution in [-0.2, 0) is 16.6 Å². The Morgan fingerprint density at radius 1 is 1.08 bits per heavy atom. The van der Waals surface area contributed by atoms with Crippen molar-refractivity contribution in [2.75, 3.05) is 7.11 Å². The molecule has 1 saturated carbocycles. The summed E-state index contributed by atoms with van der Waals surface area (Å²) in [5.74, 6) is 0.745. The highest BCUT2D eigenvalue weighted by molar-refractivity contribution is 7.89. The Labute approximate surface area is 144 Å². The number of nitrogens with zero attached hydrogens (tertiary/aromatic N) is 1. The lowest BCUT2D eigenvalue weighted by atomic mass is 10.1. The molecule has 0 N–H and O–H groups in total. The largest absolute Gasteiger partial charge is 0.496 e. The van der Waals surface area contributed by atoms with E-state index in [0.717, 1.165) is 35.3 Å². The predicted octanol–water partition coefficient (Wildman–Crippen LogP) is 3.67. The molecule has 0 bridgehead atoms. The van der Waals surface area contributed by atoms with Gasteiger partial charge in [0.05, 0.1) is 12.0 Å². The summed E-state index contributed by atoms with van der Waals surface area (Å²) in [6.07, 6.45) is 1.86. The Hall–Kier alpha value is -1.85. The minimum atomic E-state index is -3.53. The first-order valence-electron chi connectivity index (χ1n) is 8.14. The molecule has 0 aromatic heterocycles. The number of hydrogen-bond donors (Lipinski definition) is 0. The highest BCUT2D eigenvalue weighted by Crippen LogP contribution is 2.35. The summed E-state index contributed by atoms with van der Waals surface area (Å²) in [4.78, 5) is 0.348. The van der Waals surface area contributed by atoms with Crippen molar-refractivity contribution in [1.29, 1.82) is 0 Å². The molecule has 3 rings (SSSR count). The Morgan fingerprint density at radius 3 is 2.17 bits per heavy atom. The number of rotatable bonds is 6. The molecule has 4 nitrogen and oxygen atoms in total. The summed E-state index contributed by atoms with van der Waals surface area (Å²) in [7, 11) is -1.92. The predicted molar refractivity (Wildman–Crippen MR) is 94.7 cm³/mol. The van der Waals surface area contributed by atoms with Crippen LogP contribution in [0.2, 0.25) is 0 Å².